The summed E-state index contributed by atoms with van der Waals surface area (Å²) in [6.45, 7) is -4.60. The van der Waals surface area contributed by atoms with Crippen LogP contribution < -0.4 is 16.0 Å². The molecule has 3 amide bonds. The molecule has 0 aliphatic carbocycles. The molecule has 25 N–H and O–H groups in total. The van der Waals surface area contributed by atoms with Crippen molar-refractivity contribution in [2.45, 2.75) is 248 Å². The lowest BCUT2D eigenvalue weighted by atomic mass is 9.88. The summed E-state index contributed by atoms with van der Waals surface area (Å²) in [6.07, 6.45) is -66.9. The van der Waals surface area contributed by atoms with Crippen molar-refractivity contribution in [2.75, 3.05) is 46.2 Å². The SMILES string of the molecule is CC(=O)N[C@@H]1[C@@H](O)[C@H](O[C@@H]2O[C@H](CO[C@H]3O[C@H](CO)[C@@H](O)[C@H](O)[C@@H]3O[C@@H]3O[C@H](CO)[C@@H](O[C@@H]4O[C@H](CO[C@]5(C(=O)O)C[C@H](O)[C@@H](NC(C)=O)[C@H]([C@H](O)[C@H](O)CO)O5)[C@H](O)[C@H](O)[C@H]4O)[C@H](O)[C@H]3NC(C)=O)[C@@H](O)[C@H](O[C@H]3O[C@H](CO)[C@@H](O)[C@H](O)[C@@H]3O)[C@@H]2O)[C@@H](CO)O[C@H]1O. The maximum Gasteiger partial charge on any atom is 0.364 e. The van der Waals surface area contributed by atoms with Gasteiger partial charge in [0.05, 0.1) is 58.4 Å². The van der Waals surface area contributed by atoms with Crippen molar-refractivity contribution in [3.63, 3.8) is 0 Å². The fourth-order valence-corrected chi connectivity index (χ4v) is 11.7. The first-order valence-electron chi connectivity index (χ1n) is 29.2. The Labute approximate surface area is 525 Å². The molecule has 7 rings (SSSR count). The summed E-state index contributed by atoms with van der Waals surface area (Å²) in [4.78, 5) is 49.7. The van der Waals surface area contributed by atoms with Crippen LogP contribution in [0.5, 0.6) is 0 Å². The Bertz CT molecular complexity index is 2420. The Balaban J connectivity index is 1.12. The van der Waals surface area contributed by atoms with Crippen LogP contribution in [0, 0.1) is 0 Å². The highest BCUT2D eigenvalue weighted by atomic mass is 16.8. The Hall–Kier alpha value is -3.48. The molecule has 7 aliphatic rings. The summed E-state index contributed by atoms with van der Waals surface area (Å²) in [6, 6.07) is -5.22. The zero-order chi connectivity index (χ0) is 69.0. The standard InChI is InChI=1S/C51H85N3O39/c1-12(60)52-23-15(63)4-51(50(79)80,93-41(23)26(65)16(64)5-55)82-11-22-29(68)34(73)37(76)47(88-22)89-40-20(9-59)86-45(25(32(40)71)54-14(3)62)92-43-35(74)28(67)18(7-57)85-49(43)81-10-21-30(69)42(91-46-36(75)33(72)27(66)17(6-56)84-46)38(77)48(87-21)90-39-19(8-58)83-44(78)24(31(39)70)53-13(2)61/h15-49,55-59,63-78H,4-11H2,1-3H3,(H,52,60)(H,53,61)(H,54,62)(H,79,80)/t15-,16+,17+,18+,19+,20+,21+,22+,23+,24+,25+,26+,27+,28+,29-,30+,31+,32+,33-,34-,35-,36-,37+,38-,39+,40+,41+,42-,43-,44+,45-,46+,47-,48-,49-,51+/m0/s1. The number of hydrogen-bond donors (Lipinski definition) is 25. The molecule has 538 valence electrons. The van der Waals surface area contributed by atoms with E-state index in [9.17, 15) is 132 Å². The van der Waals surface area contributed by atoms with Crippen molar-refractivity contribution in [1.29, 1.82) is 0 Å². The molecule has 7 aliphatic heterocycles. The second kappa shape index (κ2) is 32.9. The molecule has 7 fully saturated rings. The van der Waals surface area contributed by atoms with Crippen LogP contribution in [0.25, 0.3) is 0 Å². The monoisotopic (exact) mass is 1360 g/mol. The Morgan fingerprint density at radius 3 is 1.38 bits per heavy atom. The summed E-state index contributed by atoms with van der Waals surface area (Å²) in [7, 11) is 0. The molecule has 0 spiro atoms. The van der Waals surface area contributed by atoms with Gasteiger partial charge < -0.3 is 190 Å². The van der Waals surface area contributed by atoms with Gasteiger partial charge in [-0.1, -0.05) is 0 Å². The molecule has 0 saturated carbocycles. The Morgan fingerprint density at radius 2 is 0.860 bits per heavy atom. The van der Waals surface area contributed by atoms with Gasteiger partial charge in [0.1, 0.15) is 165 Å². The largest absolute Gasteiger partial charge is 0.477 e. The number of aliphatic hydroxyl groups excluding tert-OH is 21. The van der Waals surface area contributed by atoms with Gasteiger partial charge in [-0.2, -0.15) is 0 Å². The van der Waals surface area contributed by atoms with Gasteiger partial charge in [0.15, 0.2) is 37.7 Å². The molecule has 0 unspecified atom stereocenters. The lowest BCUT2D eigenvalue weighted by molar-refractivity contribution is -0.387. The van der Waals surface area contributed by atoms with Crippen molar-refractivity contribution in [2.24, 2.45) is 0 Å². The van der Waals surface area contributed by atoms with Gasteiger partial charge in [-0.05, 0) is 0 Å². The zero-order valence-corrected chi connectivity index (χ0v) is 49.6. The van der Waals surface area contributed by atoms with E-state index in [1.165, 1.54) is 0 Å². The van der Waals surface area contributed by atoms with Crippen LogP contribution in [-0.4, -0.2) is 403 Å². The Kier molecular flexibility index (Phi) is 27.2. The van der Waals surface area contributed by atoms with Crippen molar-refractivity contribution in [3.8, 4) is 0 Å². The average molecular weight is 1360 g/mol. The molecule has 42 nitrogen and oxygen atoms in total. The van der Waals surface area contributed by atoms with E-state index in [1.54, 1.807) is 0 Å². The minimum Gasteiger partial charge on any atom is -0.477 e. The second-order valence-corrected chi connectivity index (χ2v) is 23.3. The third-order valence-corrected chi connectivity index (χ3v) is 16.7. The van der Waals surface area contributed by atoms with Crippen LogP contribution >= 0.6 is 0 Å². The van der Waals surface area contributed by atoms with Gasteiger partial charge in [0.25, 0.3) is 5.79 Å². The van der Waals surface area contributed by atoms with Gasteiger partial charge in [-0.3, -0.25) is 14.4 Å². The van der Waals surface area contributed by atoms with Crippen molar-refractivity contribution >= 4 is 23.7 Å². The highest BCUT2D eigenvalue weighted by Crippen LogP contribution is 2.39. The van der Waals surface area contributed by atoms with Crippen LogP contribution in [0.15, 0.2) is 0 Å². The third kappa shape index (κ3) is 17.0. The van der Waals surface area contributed by atoms with E-state index >= 15 is 0 Å². The molecule has 42 heteroatoms. The van der Waals surface area contributed by atoms with E-state index < -0.39 is 297 Å². The number of aliphatic hydroxyl groups is 21. The number of carboxylic acid groups (broad SMARTS) is 1. The van der Waals surface area contributed by atoms with Crippen LogP contribution in [0.4, 0.5) is 0 Å². The zero-order valence-electron chi connectivity index (χ0n) is 49.6. The molecular weight excluding hydrogens is 1280 g/mol. The number of ether oxygens (including phenoxy) is 13. The molecule has 7 saturated heterocycles. The van der Waals surface area contributed by atoms with Crippen LogP contribution in [0.1, 0.15) is 27.2 Å². The summed E-state index contributed by atoms with van der Waals surface area (Å²) in [5, 5.41) is 245. The first-order chi connectivity index (χ1) is 43.8. The molecule has 93 heavy (non-hydrogen) atoms. The smallest absolute Gasteiger partial charge is 0.364 e. The van der Waals surface area contributed by atoms with E-state index in [2.05, 4.69) is 16.0 Å². The molecule has 36 atom stereocenters. The van der Waals surface area contributed by atoms with Crippen molar-refractivity contribution in [1.82, 2.24) is 16.0 Å². The second-order valence-electron chi connectivity index (χ2n) is 23.3. The number of rotatable bonds is 25. The van der Waals surface area contributed by atoms with E-state index in [4.69, 9.17) is 61.6 Å². The lowest BCUT2D eigenvalue weighted by Gasteiger charge is -2.50. The minimum absolute atomic E-state index is 0.787. The van der Waals surface area contributed by atoms with Crippen molar-refractivity contribution in [3.05, 3.63) is 0 Å². The number of aliphatic carboxylic acids is 1. The predicted octanol–water partition coefficient (Wildman–Crippen LogP) is -16.6. The molecule has 0 radical (unpaired) electrons. The number of carboxylic acids is 1. The molecule has 0 aromatic heterocycles. The fourth-order valence-electron chi connectivity index (χ4n) is 11.7. The summed E-state index contributed by atoms with van der Waals surface area (Å²) >= 11 is 0. The van der Waals surface area contributed by atoms with Gasteiger partial charge in [0, 0.05) is 27.2 Å². The van der Waals surface area contributed by atoms with E-state index in [-0.39, 0.29) is 0 Å². The summed E-state index contributed by atoms with van der Waals surface area (Å²) in [5.74, 6) is -7.57. The number of hydrogen-bond acceptors (Lipinski definition) is 38. The normalized spacial score (nSPS) is 47.2. The third-order valence-electron chi connectivity index (χ3n) is 16.7. The first-order valence-corrected chi connectivity index (χ1v) is 29.2. The van der Waals surface area contributed by atoms with Gasteiger partial charge >= 0.3 is 5.97 Å². The highest BCUT2D eigenvalue weighted by Gasteiger charge is 2.60. The highest BCUT2D eigenvalue weighted by molar-refractivity contribution is 5.77. The number of carbonyl (C=O) groups is 4. The summed E-state index contributed by atoms with van der Waals surface area (Å²) in [5.41, 5.74) is 0. The maximum atomic E-state index is 12.9. The van der Waals surface area contributed by atoms with Gasteiger partial charge in [-0.25, -0.2) is 4.79 Å². The van der Waals surface area contributed by atoms with Gasteiger partial charge in [0.2, 0.25) is 17.7 Å². The number of amides is 3. The van der Waals surface area contributed by atoms with Gasteiger partial charge in [-0.15, -0.1) is 0 Å². The van der Waals surface area contributed by atoms with Crippen molar-refractivity contribution < 1.29 is 193 Å². The molecule has 0 bridgehead atoms. The molecular formula is C51H85N3O39. The Morgan fingerprint density at radius 1 is 0.441 bits per heavy atom. The fraction of sp³-hybridized carbons (Fsp3) is 0.922. The topological polar surface area (TPSA) is 669 Å². The number of carbonyl (C=O) groups excluding carboxylic acids is 3. The summed E-state index contributed by atoms with van der Waals surface area (Å²) < 4.78 is 74.8. The van der Waals surface area contributed by atoms with Crippen LogP contribution in [-0.2, 0) is 80.8 Å². The van der Waals surface area contributed by atoms with Crippen LogP contribution in [0.2, 0.25) is 0 Å². The maximum absolute atomic E-state index is 12.9. The quantitative estimate of drug-likeness (QED) is 0.0404. The van der Waals surface area contributed by atoms with E-state index in [0.717, 1.165) is 20.8 Å². The minimum atomic E-state index is -3.03. The van der Waals surface area contributed by atoms with E-state index in [0.29, 0.717) is 0 Å². The average Bonchev–Trinajstić information content (AvgIpc) is 0.780. The molecule has 0 aromatic carbocycles. The molecule has 0 aromatic rings. The first kappa shape index (κ1) is 76.9. The van der Waals surface area contributed by atoms with E-state index in [1.807, 2.05) is 0 Å². The lowest BCUT2D eigenvalue weighted by Crippen LogP contribution is -2.70. The van der Waals surface area contributed by atoms with Crippen LogP contribution in [0.3, 0.4) is 0 Å². The predicted molar refractivity (Wildman–Crippen MR) is 284 cm³/mol. The molecule has 7 heterocycles. The number of nitrogens with one attached hydrogen (secondary N) is 3.